The van der Waals surface area contributed by atoms with Gasteiger partial charge in [-0.3, -0.25) is 0 Å². The molecule has 0 bridgehead atoms. The molecule has 1 atom stereocenters. The van der Waals surface area contributed by atoms with Crippen LogP contribution in [0.5, 0.6) is 11.5 Å². The third-order valence-electron chi connectivity index (χ3n) is 4.31. The first-order valence-corrected chi connectivity index (χ1v) is 9.73. The molecule has 0 aromatic heterocycles. The fraction of sp³-hybridized carbons (Fsp3) is 0.524. The predicted molar refractivity (Wildman–Crippen MR) is 106 cm³/mol. The smallest absolute Gasteiger partial charge is 0.338 e. The third kappa shape index (κ3) is 5.18. The molecular formula is C21H30N2O5. The zero-order valence-electron chi connectivity index (χ0n) is 17.3. The number of esters is 1. The number of carbonyl (C=O) groups excluding carboxylic acids is 2. The molecule has 1 aromatic carbocycles. The lowest BCUT2D eigenvalue weighted by Gasteiger charge is -2.30. The second kappa shape index (κ2) is 10.0. The molecule has 1 heterocycles. The molecule has 1 aliphatic heterocycles. The van der Waals surface area contributed by atoms with E-state index in [1.54, 1.807) is 26.2 Å². The lowest BCUT2D eigenvalue weighted by molar-refractivity contribution is -0.139. The fourth-order valence-corrected chi connectivity index (χ4v) is 3.08. The van der Waals surface area contributed by atoms with Crippen LogP contribution in [0.1, 0.15) is 58.6 Å². The maximum absolute atomic E-state index is 12.7. The van der Waals surface area contributed by atoms with Crippen molar-refractivity contribution in [1.29, 1.82) is 0 Å². The number of ether oxygens (including phenoxy) is 3. The summed E-state index contributed by atoms with van der Waals surface area (Å²) in [6, 6.07) is 4.43. The van der Waals surface area contributed by atoms with Crippen LogP contribution < -0.4 is 20.1 Å². The Kier molecular flexibility index (Phi) is 7.72. The monoisotopic (exact) mass is 390 g/mol. The molecule has 0 aliphatic carbocycles. The van der Waals surface area contributed by atoms with Gasteiger partial charge in [0.25, 0.3) is 0 Å². The molecule has 154 valence electrons. The first kappa shape index (κ1) is 21.6. The van der Waals surface area contributed by atoms with Crippen LogP contribution in [0.25, 0.3) is 0 Å². The molecule has 1 aliphatic rings. The number of methoxy groups -OCH3 is 1. The number of benzene rings is 1. The van der Waals surface area contributed by atoms with Crippen molar-refractivity contribution in [2.24, 2.45) is 0 Å². The molecule has 0 saturated carbocycles. The average molecular weight is 390 g/mol. The molecule has 2 N–H and O–H groups in total. The van der Waals surface area contributed by atoms with Crippen molar-refractivity contribution in [1.82, 2.24) is 10.6 Å². The molecule has 28 heavy (non-hydrogen) atoms. The van der Waals surface area contributed by atoms with Crippen molar-refractivity contribution in [3.63, 3.8) is 0 Å². The average Bonchev–Trinajstić information content (AvgIpc) is 2.65. The van der Waals surface area contributed by atoms with Crippen LogP contribution in [0.4, 0.5) is 4.79 Å². The minimum absolute atomic E-state index is 0.00558. The van der Waals surface area contributed by atoms with E-state index in [-0.39, 0.29) is 18.7 Å². The molecule has 0 radical (unpaired) electrons. The highest BCUT2D eigenvalue weighted by Gasteiger charge is 2.33. The first-order valence-electron chi connectivity index (χ1n) is 9.73. The largest absolute Gasteiger partial charge is 0.493 e. The Morgan fingerprint density at radius 1 is 1.21 bits per heavy atom. The number of nitrogens with one attached hydrogen (secondary N) is 2. The van der Waals surface area contributed by atoms with Gasteiger partial charge < -0.3 is 24.8 Å². The van der Waals surface area contributed by atoms with E-state index in [2.05, 4.69) is 17.6 Å². The van der Waals surface area contributed by atoms with Crippen LogP contribution in [0.2, 0.25) is 0 Å². The predicted octanol–water partition coefficient (Wildman–Crippen LogP) is 3.84. The summed E-state index contributed by atoms with van der Waals surface area (Å²) in [5, 5.41) is 5.61. The number of amides is 2. The van der Waals surface area contributed by atoms with E-state index in [1.807, 2.05) is 19.9 Å². The van der Waals surface area contributed by atoms with Gasteiger partial charge in [0.15, 0.2) is 11.5 Å². The van der Waals surface area contributed by atoms with Crippen molar-refractivity contribution in [2.45, 2.75) is 59.1 Å². The van der Waals surface area contributed by atoms with E-state index in [1.165, 1.54) is 0 Å². The number of rotatable bonds is 9. The van der Waals surface area contributed by atoms with Crippen LogP contribution in [-0.4, -0.2) is 31.8 Å². The minimum atomic E-state index is -0.623. The van der Waals surface area contributed by atoms with Gasteiger partial charge in [-0.25, -0.2) is 9.59 Å². The van der Waals surface area contributed by atoms with Crippen LogP contribution in [0.15, 0.2) is 29.5 Å². The Balaban J connectivity index is 2.49. The maximum Gasteiger partial charge on any atom is 0.338 e. The van der Waals surface area contributed by atoms with E-state index < -0.39 is 12.0 Å². The summed E-state index contributed by atoms with van der Waals surface area (Å²) in [6.45, 7) is 7.94. The molecular weight excluding hydrogens is 360 g/mol. The zero-order valence-corrected chi connectivity index (χ0v) is 17.3. The minimum Gasteiger partial charge on any atom is -0.493 e. The van der Waals surface area contributed by atoms with Gasteiger partial charge in [-0.2, -0.15) is 0 Å². The summed E-state index contributed by atoms with van der Waals surface area (Å²) in [7, 11) is 1.56. The zero-order chi connectivity index (χ0) is 20.7. The highest BCUT2D eigenvalue weighted by Crippen LogP contribution is 2.35. The van der Waals surface area contributed by atoms with Gasteiger partial charge in [-0.1, -0.05) is 19.4 Å². The van der Waals surface area contributed by atoms with Gasteiger partial charge in [0.2, 0.25) is 0 Å². The Hall–Kier alpha value is -2.70. The Morgan fingerprint density at radius 2 is 1.96 bits per heavy atom. The van der Waals surface area contributed by atoms with Gasteiger partial charge in [-0.15, -0.1) is 0 Å². The van der Waals surface area contributed by atoms with E-state index in [0.717, 1.165) is 18.4 Å². The van der Waals surface area contributed by atoms with Crippen molar-refractivity contribution in [3.8, 4) is 11.5 Å². The fourth-order valence-electron chi connectivity index (χ4n) is 3.08. The van der Waals surface area contributed by atoms with E-state index in [4.69, 9.17) is 14.2 Å². The number of urea groups is 1. The second-order valence-corrected chi connectivity index (χ2v) is 6.82. The second-order valence-electron chi connectivity index (χ2n) is 6.82. The molecule has 0 saturated heterocycles. The van der Waals surface area contributed by atoms with Crippen LogP contribution >= 0.6 is 0 Å². The molecule has 0 fully saturated rings. The normalized spacial score (nSPS) is 16.5. The molecule has 1 aromatic rings. The third-order valence-corrected chi connectivity index (χ3v) is 4.31. The maximum atomic E-state index is 12.7. The molecule has 2 amide bonds. The SMILES string of the molecule is CCCCC1=C(C(=O)OCC)C(c2ccc(OC(C)C)c(OC)c2)NC(=O)N1. The van der Waals surface area contributed by atoms with Crippen molar-refractivity contribution >= 4 is 12.0 Å². The van der Waals surface area contributed by atoms with Crippen molar-refractivity contribution < 1.29 is 23.8 Å². The van der Waals surface area contributed by atoms with Gasteiger partial charge in [0, 0.05) is 5.70 Å². The topological polar surface area (TPSA) is 85.9 Å². The summed E-state index contributed by atoms with van der Waals surface area (Å²) in [6.07, 6.45) is 2.40. The number of hydrogen-bond acceptors (Lipinski definition) is 5. The first-order chi connectivity index (χ1) is 13.4. The van der Waals surface area contributed by atoms with Crippen LogP contribution in [0.3, 0.4) is 0 Å². The number of allylic oxidation sites excluding steroid dienone is 1. The van der Waals surface area contributed by atoms with Crippen LogP contribution in [-0.2, 0) is 9.53 Å². The van der Waals surface area contributed by atoms with E-state index in [0.29, 0.717) is 29.2 Å². The highest BCUT2D eigenvalue weighted by atomic mass is 16.5. The van der Waals surface area contributed by atoms with Crippen molar-refractivity contribution in [3.05, 3.63) is 35.0 Å². The Bertz CT molecular complexity index is 742. The summed E-state index contributed by atoms with van der Waals surface area (Å²) in [5.41, 5.74) is 1.75. The highest BCUT2D eigenvalue weighted by molar-refractivity contribution is 5.95. The molecule has 2 rings (SSSR count). The van der Waals surface area contributed by atoms with Gasteiger partial charge in [0.1, 0.15) is 0 Å². The van der Waals surface area contributed by atoms with Gasteiger partial charge in [0.05, 0.1) is 31.4 Å². The lowest BCUT2D eigenvalue weighted by Crippen LogP contribution is -2.46. The quantitative estimate of drug-likeness (QED) is 0.626. The van der Waals surface area contributed by atoms with Gasteiger partial charge >= 0.3 is 12.0 Å². The number of unbranched alkanes of at least 4 members (excludes halogenated alkanes) is 1. The molecule has 0 spiro atoms. The van der Waals surface area contributed by atoms with Gasteiger partial charge in [-0.05, 0) is 51.3 Å². The Morgan fingerprint density at radius 3 is 2.57 bits per heavy atom. The molecule has 1 unspecified atom stereocenters. The summed E-state index contributed by atoms with van der Waals surface area (Å²) in [5.74, 6) is 0.708. The molecule has 7 nitrogen and oxygen atoms in total. The number of carbonyl (C=O) groups is 2. The molecule has 7 heteroatoms. The van der Waals surface area contributed by atoms with Crippen molar-refractivity contribution in [2.75, 3.05) is 13.7 Å². The standard InChI is InChI=1S/C21H30N2O5/c1-6-8-9-15-18(20(24)27-7-2)19(23-21(25)22-15)14-10-11-16(28-13(3)4)17(12-14)26-5/h10-13,19H,6-9H2,1-5H3,(H2,22,23,25). The van der Waals surface area contributed by atoms with E-state index >= 15 is 0 Å². The number of hydrogen-bond donors (Lipinski definition) is 2. The van der Waals surface area contributed by atoms with E-state index in [9.17, 15) is 9.59 Å². The van der Waals surface area contributed by atoms with Crippen LogP contribution in [0, 0.1) is 0 Å². The summed E-state index contributed by atoms with van der Waals surface area (Å²) in [4.78, 5) is 25.0. The Labute approximate surface area is 166 Å². The summed E-state index contributed by atoms with van der Waals surface area (Å²) < 4.78 is 16.5. The lowest BCUT2D eigenvalue weighted by atomic mass is 9.93. The summed E-state index contributed by atoms with van der Waals surface area (Å²) >= 11 is 0.